The number of carbonyl (C=O) groups excluding carboxylic acids is 1. The van der Waals surface area contributed by atoms with Gasteiger partial charge < -0.3 is 10.5 Å². The van der Waals surface area contributed by atoms with Crippen molar-refractivity contribution >= 4 is 45.0 Å². The van der Waals surface area contributed by atoms with Crippen LogP contribution in [0.2, 0.25) is 5.02 Å². The van der Waals surface area contributed by atoms with Crippen molar-refractivity contribution < 1.29 is 9.53 Å². The molecule has 0 unspecified atom stereocenters. The van der Waals surface area contributed by atoms with Gasteiger partial charge in [0, 0.05) is 27.6 Å². The van der Waals surface area contributed by atoms with Gasteiger partial charge in [0.05, 0.1) is 10.9 Å². The van der Waals surface area contributed by atoms with Crippen LogP contribution < -0.4 is 10.5 Å². The minimum absolute atomic E-state index is 0.479. The zero-order valence-electron chi connectivity index (χ0n) is 11.3. The lowest BCUT2D eigenvalue weighted by Gasteiger charge is -2.06. The standard InChI is InChI=1S/C16H11ClN2O2S/c17-10-1-3-11(4-2-10)21-14-8-19-9-15-13(14)7-12(22-15)5-6-16(18)20/h1-9H,(H2,18,20). The molecule has 0 aliphatic heterocycles. The van der Waals surface area contributed by atoms with Crippen LogP contribution >= 0.6 is 22.9 Å². The van der Waals surface area contributed by atoms with Crippen molar-refractivity contribution in [3.63, 3.8) is 0 Å². The minimum Gasteiger partial charge on any atom is -0.455 e. The molecule has 0 aliphatic rings. The third-order valence-corrected chi connectivity index (χ3v) is 4.17. The van der Waals surface area contributed by atoms with Gasteiger partial charge in [-0.15, -0.1) is 11.3 Å². The van der Waals surface area contributed by atoms with Crippen molar-refractivity contribution in [2.24, 2.45) is 5.73 Å². The molecule has 0 saturated heterocycles. The third kappa shape index (κ3) is 3.27. The van der Waals surface area contributed by atoms with Crippen molar-refractivity contribution in [3.05, 3.63) is 58.7 Å². The molecule has 0 aliphatic carbocycles. The quantitative estimate of drug-likeness (QED) is 0.727. The highest BCUT2D eigenvalue weighted by Gasteiger charge is 2.08. The van der Waals surface area contributed by atoms with Gasteiger partial charge in [-0.05, 0) is 36.4 Å². The lowest BCUT2D eigenvalue weighted by atomic mass is 10.2. The van der Waals surface area contributed by atoms with Crippen LogP contribution in [0.3, 0.4) is 0 Å². The Hall–Kier alpha value is -2.37. The number of aromatic nitrogens is 1. The van der Waals surface area contributed by atoms with Gasteiger partial charge in [0.15, 0.2) is 5.75 Å². The lowest BCUT2D eigenvalue weighted by Crippen LogP contribution is -2.04. The number of primary amides is 1. The molecule has 6 heteroatoms. The molecule has 2 N–H and O–H groups in total. The molecule has 110 valence electrons. The minimum atomic E-state index is -0.479. The number of fused-ring (bicyclic) bond motifs is 1. The van der Waals surface area contributed by atoms with Gasteiger partial charge in [0.2, 0.25) is 5.91 Å². The first-order chi connectivity index (χ1) is 10.6. The molecule has 1 aromatic carbocycles. The molecule has 22 heavy (non-hydrogen) atoms. The summed E-state index contributed by atoms with van der Waals surface area (Å²) in [5.74, 6) is 0.849. The summed E-state index contributed by atoms with van der Waals surface area (Å²) in [5.41, 5.74) is 5.11. The van der Waals surface area contributed by atoms with Crippen LogP contribution in [-0.2, 0) is 4.79 Å². The first-order valence-corrected chi connectivity index (χ1v) is 7.60. The molecule has 2 heterocycles. The van der Waals surface area contributed by atoms with E-state index in [1.54, 1.807) is 42.7 Å². The Morgan fingerprint density at radius 2 is 2.05 bits per heavy atom. The van der Waals surface area contributed by atoms with Gasteiger partial charge in [0.1, 0.15) is 5.75 Å². The Kier molecular flexibility index (Phi) is 4.09. The molecule has 0 saturated carbocycles. The highest BCUT2D eigenvalue weighted by molar-refractivity contribution is 7.19. The molecule has 0 radical (unpaired) electrons. The van der Waals surface area contributed by atoms with Crippen molar-refractivity contribution in [3.8, 4) is 11.5 Å². The highest BCUT2D eigenvalue weighted by atomic mass is 35.5. The molecular weight excluding hydrogens is 320 g/mol. The summed E-state index contributed by atoms with van der Waals surface area (Å²) < 4.78 is 6.82. The summed E-state index contributed by atoms with van der Waals surface area (Å²) in [4.78, 5) is 15.9. The van der Waals surface area contributed by atoms with Gasteiger partial charge in [-0.1, -0.05) is 11.6 Å². The molecule has 0 fully saturated rings. The number of ether oxygens (including phenoxy) is 1. The molecule has 2 aromatic heterocycles. The first kappa shape index (κ1) is 14.6. The first-order valence-electron chi connectivity index (χ1n) is 6.40. The number of hydrogen-bond acceptors (Lipinski definition) is 4. The van der Waals surface area contributed by atoms with E-state index in [4.69, 9.17) is 22.1 Å². The second kappa shape index (κ2) is 6.17. The van der Waals surface area contributed by atoms with E-state index in [2.05, 4.69) is 4.98 Å². The molecule has 0 bridgehead atoms. The Balaban J connectivity index is 1.95. The van der Waals surface area contributed by atoms with Crippen LogP contribution in [0.5, 0.6) is 11.5 Å². The fourth-order valence-electron chi connectivity index (χ4n) is 1.91. The number of benzene rings is 1. The topological polar surface area (TPSA) is 65.2 Å². The maximum atomic E-state index is 10.8. The van der Waals surface area contributed by atoms with Crippen LogP contribution in [0.25, 0.3) is 16.2 Å². The molecule has 1 amide bonds. The van der Waals surface area contributed by atoms with E-state index in [1.807, 2.05) is 6.07 Å². The Morgan fingerprint density at radius 1 is 1.27 bits per heavy atom. The fourth-order valence-corrected chi connectivity index (χ4v) is 2.99. The van der Waals surface area contributed by atoms with Crippen molar-refractivity contribution in [1.82, 2.24) is 4.98 Å². The Labute approximate surface area is 135 Å². The Morgan fingerprint density at radius 3 is 2.77 bits per heavy atom. The number of nitrogens with two attached hydrogens (primary N) is 1. The third-order valence-electron chi connectivity index (χ3n) is 2.88. The summed E-state index contributed by atoms with van der Waals surface area (Å²) in [5, 5.41) is 1.58. The maximum absolute atomic E-state index is 10.8. The second-order valence-corrected chi connectivity index (χ2v) is 6.04. The summed E-state index contributed by atoms with van der Waals surface area (Å²) >= 11 is 7.37. The molecule has 0 atom stereocenters. The normalized spacial score (nSPS) is 11.1. The summed E-state index contributed by atoms with van der Waals surface area (Å²) in [6, 6.07) is 9.05. The van der Waals surface area contributed by atoms with E-state index in [0.717, 1.165) is 15.0 Å². The van der Waals surface area contributed by atoms with E-state index in [1.165, 1.54) is 17.4 Å². The number of nitrogens with zero attached hydrogens (tertiary/aromatic N) is 1. The van der Waals surface area contributed by atoms with Crippen molar-refractivity contribution in [2.75, 3.05) is 0 Å². The van der Waals surface area contributed by atoms with Crippen molar-refractivity contribution in [1.29, 1.82) is 0 Å². The van der Waals surface area contributed by atoms with Crippen LogP contribution in [0, 0.1) is 0 Å². The van der Waals surface area contributed by atoms with Crippen LogP contribution in [0.4, 0.5) is 0 Å². The summed E-state index contributed by atoms with van der Waals surface area (Å²) in [6.07, 6.45) is 6.43. The van der Waals surface area contributed by atoms with Gasteiger partial charge >= 0.3 is 0 Å². The zero-order chi connectivity index (χ0) is 15.5. The SMILES string of the molecule is NC(=O)C=Cc1cc2c(Oc3ccc(Cl)cc3)cncc2s1. The molecular formula is C16H11ClN2O2S. The average molecular weight is 331 g/mol. The smallest absolute Gasteiger partial charge is 0.241 e. The van der Waals surface area contributed by atoms with Crippen LogP contribution in [-0.4, -0.2) is 10.9 Å². The Bertz CT molecular complexity index is 856. The number of thiophene rings is 1. The fraction of sp³-hybridized carbons (Fsp3) is 0. The molecule has 3 rings (SSSR count). The summed E-state index contributed by atoms with van der Waals surface area (Å²) in [6.45, 7) is 0. The molecule has 3 aromatic rings. The average Bonchev–Trinajstić information content (AvgIpc) is 2.92. The molecule has 4 nitrogen and oxygen atoms in total. The molecule has 0 spiro atoms. The van der Waals surface area contributed by atoms with Crippen LogP contribution in [0.15, 0.2) is 48.8 Å². The number of hydrogen-bond donors (Lipinski definition) is 1. The van der Waals surface area contributed by atoms with Gasteiger partial charge in [-0.2, -0.15) is 0 Å². The van der Waals surface area contributed by atoms with Gasteiger partial charge in [0.25, 0.3) is 0 Å². The zero-order valence-corrected chi connectivity index (χ0v) is 12.9. The number of amides is 1. The number of rotatable bonds is 4. The van der Waals surface area contributed by atoms with Crippen molar-refractivity contribution in [2.45, 2.75) is 0 Å². The van der Waals surface area contributed by atoms with E-state index in [-0.39, 0.29) is 0 Å². The van der Waals surface area contributed by atoms with E-state index in [0.29, 0.717) is 16.5 Å². The summed E-state index contributed by atoms with van der Waals surface area (Å²) in [7, 11) is 0. The number of carbonyl (C=O) groups is 1. The van der Waals surface area contributed by atoms with E-state index in [9.17, 15) is 4.79 Å². The van der Waals surface area contributed by atoms with Crippen LogP contribution in [0.1, 0.15) is 4.88 Å². The predicted octanol–water partition coefficient (Wildman–Crippen LogP) is 4.24. The largest absolute Gasteiger partial charge is 0.455 e. The van der Waals surface area contributed by atoms with E-state index >= 15 is 0 Å². The lowest BCUT2D eigenvalue weighted by molar-refractivity contribution is -0.113. The second-order valence-electron chi connectivity index (χ2n) is 4.49. The number of pyridine rings is 1. The monoisotopic (exact) mass is 330 g/mol. The van der Waals surface area contributed by atoms with E-state index < -0.39 is 5.91 Å². The number of halogens is 1. The van der Waals surface area contributed by atoms with Gasteiger partial charge in [-0.25, -0.2) is 0 Å². The van der Waals surface area contributed by atoms with Gasteiger partial charge in [-0.3, -0.25) is 9.78 Å². The predicted molar refractivity (Wildman–Crippen MR) is 89.4 cm³/mol. The maximum Gasteiger partial charge on any atom is 0.241 e. The highest BCUT2D eigenvalue weighted by Crippen LogP contribution is 2.35.